The van der Waals surface area contributed by atoms with Gasteiger partial charge < -0.3 is 15.0 Å². The number of nitrogens with zero attached hydrogens (tertiary/aromatic N) is 5. The SMILES string of the molecule is CCCNC(=O)c1c[nH]c2ncc(-c3nn(CCCN4CCOCC4)c4cc(Cl)cc(F)c34)nc12.Cl. The van der Waals surface area contributed by atoms with Gasteiger partial charge in [0.1, 0.15) is 22.7 Å². The maximum absolute atomic E-state index is 15.1. The minimum atomic E-state index is -0.473. The number of nitrogens with one attached hydrogen (secondary N) is 2. The highest BCUT2D eigenvalue weighted by Crippen LogP contribution is 2.32. The largest absolute Gasteiger partial charge is 0.379 e. The molecule has 1 fully saturated rings. The van der Waals surface area contributed by atoms with E-state index in [2.05, 4.69) is 25.2 Å². The first-order valence-corrected chi connectivity index (χ1v) is 12.2. The van der Waals surface area contributed by atoms with Crippen LogP contribution >= 0.6 is 24.0 Å². The number of fused-ring (bicyclic) bond motifs is 2. The van der Waals surface area contributed by atoms with Crippen LogP contribution in [0.1, 0.15) is 30.1 Å². The summed E-state index contributed by atoms with van der Waals surface area (Å²) in [6.07, 6.45) is 4.79. The van der Waals surface area contributed by atoms with Crippen molar-refractivity contribution in [1.82, 2.24) is 34.9 Å². The third kappa shape index (κ3) is 5.31. The number of carbonyl (C=O) groups is 1. The van der Waals surface area contributed by atoms with Crippen molar-refractivity contribution in [3.63, 3.8) is 0 Å². The molecule has 1 aromatic carbocycles. The molecule has 4 heterocycles. The van der Waals surface area contributed by atoms with Crippen molar-refractivity contribution in [3.8, 4) is 11.4 Å². The zero-order valence-electron chi connectivity index (χ0n) is 19.9. The Morgan fingerprint density at radius 3 is 2.86 bits per heavy atom. The molecular weight excluding hydrogens is 508 g/mol. The summed E-state index contributed by atoms with van der Waals surface area (Å²) in [5.74, 6) is -0.709. The number of rotatable bonds is 8. The Hall–Kier alpha value is -2.79. The van der Waals surface area contributed by atoms with Crippen LogP contribution in [-0.4, -0.2) is 74.9 Å². The van der Waals surface area contributed by atoms with E-state index >= 15 is 4.39 Å². The van der Waals surface area contributed by atoms with Crippen molar-refractivity contribution in [3.05, 3.63) is 40.9 Å². The van der Waals surface area contributed by atoms with Crippen molar-refractivity contribution in [1.29, 1.82) is 0 Å². The van der Waals surface area contributed by atoms with E-state index in [0.29, 0.717) is 57.1 Å². The van der Waals surface area contributed by atoms with Crippen LogP contribution in [0.25, 0.3) is 33.5 Å². The molecular formula is C24H28Cl2FN7O2. The van der Waals surface area contributed by atoms with E-state index in [1.165, 1.54) is 6.07 Å². The number of ether oxygens (including phenoxy) is 1. The average Bonchev–Trinajstić information content (AvgIpc) is 3.45. The third-order valence-electron chi connectivity index (χ3n) is 6.12. The van der Waals surface area contributed by atoms with Crippen molar-refractivity contribution < 1.29 is 13.9 Å². The Morgan fingerprint density at radius 1 is 1.28 bits per heavy atom. The number of aromatic nitrogens is 5. The van der Waals surface area contributed by atoms with E-state index in [0.717, 1.165) is 45.7 Å². The number of aromatic amines is 1. The molecule has 36 heavy (non-hydrogen) atoms. The maximum atomic E-state index is 15.1. The predicted molar refractivity (Wildman–Crippen MR) is 139 cm³/mol. The number of aryl methyl sites for hydroxylation is 1. The first kappa shape index (κ1) is 26.3. The summed E-state index contributed by atoms with van der Waals surface area (Å²) in [7, 11) is 0. The van der Waals surface area contributed by atoms with Gasteiger partial charge in [-0.2, -0.15) is 5.10 Å². The lowest BCUT2D eigenvalue weighted by Crippen LogP contribution is -2.37. The van der Waals surface area contributed by atoms with E-state index in [1.54, 1.807) is 23.1 Å². The fourth-order valence-corrected chi connectivity index (χ4v) is 4.55. The monoisotopic (exact) mass is 535 g/mol. The molecule has 9 nitrogen and oxygen atoms in total. The molecule has 0 saturated carbocycles. The van der Waals surface area contributed by atoms with Gasteiger partial charge in [-0.1, -0.05) is 18.5 Å². The van der Waals surface area contributed by atoms with Gasteiger partial charge in [-0.15, -0.1) is 12.4 Å². The van der Waals surface area contributed by atoms with E-state index in [1.807, 2.05) is 6.92 Å². The zero-order valence-corrected chi connectivity index (χ0v) is 21.5. The topological polar surface area (TPSA) is 101 Å². The molecule has 1 amide bonds. The van der Waals surface area contributed by atoms with E-state index in [4.69, 9.17) is 21.4 Å². The Bertz CT molecular complexity index is 1370. The zero-order chi connectivity index (χ0) is 24.4. The highest BCUT2D eigenvalue weighted by atomic mass is 35.5. The second-order valence-electron chi connectivity index (χ2n) is 8.57. The van der Waals surface area contributed by atoms with Gasteiger partial charge in [0.2, 0.25) is 0 Å². The second kappa shape index (κ2) is 11.5. The second-order valence-corrected chi connectivity index (χ2v) is 9.01. The Morgan fingerprint density at radius 2 is 2.08 bits per heavy atom. The first-order valence-electron chi connectivity index (χ1n) is 11.8. The number of hydrogen-bond donors (Lipinski definition) is 2. The number of benzene rings is 1. The molecule has 1 saturated heterocycles. The van der Waals surface area contributed by atoms with Gasteiger partial charge in [-0.25, -0.2) is 14.4 Å². The first-order chi connectivity index (χ1) is 17.0. The third-order valence-corrected chi connectivity index (χ3v) is 6.34. The van der Waals surface area contributed by atoms with Gasteiger partial charge in [0.25, 0.3) is 5.91 Å². The minimum Gasteiger partial charge on any atom is -0.379 e. The standard InChI is InChI=1S/C24H27ClFN7O2.ClH/c1-2-4-27-24(34)16-13-28-23-21(16)30-18(14-29-23)22-20-17(26)11-15(25)12-19(20)33(31-22)6-3-5-32-7-9-35-10-8-32;/h11-14H,2-10H2,1H3,(H,27,34)(H,28,29);1H. The summed E-state index contributed by atoms with van der Waals surface area (Å²) in [6.45, 7) is 7.34. The normalized spacial score (nSPS) is 14.3. The van der Waals surface area contributed by atoms with Gasteiger partial charge in [-0.3, -0.25) is 14.4 Å². The lowest BCUT2D eigenvalue weighted by Gasteiger charge is -2.26. The molecule has 192 valence electrons. The Kier molecular flexibility index (Phi) is 8.40. The van der Waals surface area contributed by atoms with Crippen LogP contribution in [0, 0.1) is 5.82 Å². The van der Waals surface area contributed by atoms with E-state index in [9.17, 15) is 4.79 Å². The molecule has 3 aromatic heterocycles. The van der Waals surface area contributed by atoms with Gasteiger partial charge in [0.05, 0.1) is 35.9 Å². The van der Waals surface area contributed by atoms with Crippen LogP contribution in [0.5, 0.6) is 0 Å². The number of amides is 1. The Balaban J connectivity index is 0.00000304. The summed E-state index contributed by atoms with van der Waals surface area (Å²) >= 11 is 6.19. The number of carbonyl (C=O) groups excluding carboxylic acids is 1. The van der Waals surface area contributed by atoms with Crippen molar-refractivity contribution in [2.24, 2.45) is 0 Å². The summed E-state index contributed by atoms with van der Waals surface area (Å²) in [6, 6.07) is 3.00. The van der Waals surface area contributed by atoms with Crippen LogP contribution in [0.4, 0.5) is 4.39 Å². The van der Waals surface area contributed by atoms with E-state index in [-0.39, 0.29) is 18.3 Å². The number of halogens is 3. The van der Waals surface area contributed by atoms with Crippen molar-refractivity contribution in [2.75, 3.05) is 39.4 Å². The summed E-state index contributed by atoms with van der Waals surface area (Å²) < 4.78 is 22.3. The molecule has 1 aliphatic heterocycles. The fraction of sp³-hybridized carbons (Fsp3) is 0.417. The van der Waals surface area contributed by atoms with Crippen LogP contribution in [0.3, 0.4) is 0 Å². The fourth-order valence-electron chi connectivity index (χ4n) is 4.35. The van der Waals surface area contributed by atoms with E-state index < -0.39 is 5.82 Å². The highest BCUT2D eigenvalue weighted by molar-refractivity contribution is 6.31. The average molecular weight is 536 g/mol. The van der Waals surface area contributed by atoms with Crippen LogP contribution in [0.15, 0.2) is 24.5 Å². The van der Waals surface area contributed by atoms with Gasteiger partial charge in [-0.05, 0) is 25.0 Å². The van der Waals surface area contributed by atoms with Crippen molar-refractivity contribution >= 4 is 52.0 Å². The Labute approximate surface area is 218 Å². The number of morpholine rings is 1. The quantitative estimate of drug-likeness (QED) is 0.353. The highest BCUT2D eigenvalue weighted by Gasteiger charge is 2.21. The van der Waals surface area contributed by atoms with Gasteiger partial charge in [0, 0.05) is 43.9 Å². The smallest absolute Gasteiger partial charge is 0.255 e. The summed E-state index contributed by atoms with van der Waals surface area (Å²) in [5.41, 5.74) is 2.65. The molecule has 0 aliphatic carbocycles. The molecule has 0 bridgehead atoms. The lowest BCUT2D eigenvalue weighted by atomic mass is 10.1. The molecule has 2 N–H and O–H groups in total. The molecule has 1 aliphatic rings. The maximum Gasteiger partial charge on any atom is 0.255 e. The molecule has 5 rings (SSSR count). The number of hydrogen-bond acceptors (Lipinski definition) is 6. The van der Waals surface area contributed by atoms with Crippen molar-refractivity contribution in [2.45, 2.75) is 26.3 Å². The molecule has 4 aromatic rings. The van der Waals surface area contributed by atoms with Crippen LogP contribution < -0.4 is 5.32 Å². The molecule has 0 radical (unpaired) electrons. The predicted octanol–water partition coefficient (Wildman–Crippen LogP) is 4.05. The number of H-pyrrole nitrogens is 1. The van der Waals surface area contributed by atoms with Gasteiger partial charge in [0.15, 0.2) is 5.65 Å². The van der Waals surface area contributed by atoms with Gasteiger partial charge >= 0.3 is 0 Å². The lowest BCUT2D eigenvalue weighted by molar-refractivity contribution is 0.0368. The molecule has 0 spiro atoms. The summed E-state index contributed by atoms with van der Waals surface area (Å²) in [4.78, 5) is 27.0. The molecule has 0 unspecified atom stereocenters. The minimum absolute atomic E-state index is 0. The van der Waals surface area contributed by atoms with Crippen LogP contribution in [0.2, 0.25) is 5.02 Å². The van der Waals surface area contributed by atoms with Crippen LogP contribution in [-0.2, 0) is 11.3 Å². The molecule has 12 heteroatoms. The summed E-state index contributed by atoms with van der Waals surface area (Å²) in [5, 5.41) is 8.21. The molecule has 0 atom stereocenters.